The number of hydrogen-bond donors (Lipinski definition) is 1. The molecule has 0 saturated heterocycles. The predicted molar refractivity (Wildman–Crippen MR) is 85.0 cm³/mol. The SMILES string of the molecule is O=C(Nc1cccc2cccc(F)c12)c1ccc([N+](=O)[O-])cc1. The van der Waals surface area contributed by atoms with Crippen LogP contribution in [0.3, 0.4) is 0 Å². The number of non-ortho nitro benzene ring substituents is 1. The number of nitro groups is 1. The van der Waals surface area contributed by atoms with Crippen LogP contribution in [-0.4, -0.2) is 10.8 Å². The van der Waals surface area contributed by atoms with E-state index in [1.807, 2.05) is 0 Å². The quantitative estimate of drug-likeness (QED) is 0.583. The number of hydrogen-bond acceptors (Lipinski definition) is 3. The Morgan fingerprint density at radius 1 is 1.00 bits per heavy atom. The number of nitrogens with one attached hydrogen (secondary N) is 1. The smallest absolute Gasteiger partial charge is 0.269 e. The molecule has 3 aromatic carbocycles. The highest BCUT2D eigenvalue weighted by atomic mass is 19.1. The summed E-state index contributed by atoms with van der Waals surface area (Å²) in [4.78, 5) is 22.3. The Balaban J connectivity index is 1.93. The van der Waals surface area contributed by atoms with Gasteiger partial charge in [0, 0.05) is 23.1 Å². The average molecular weight is 310 g/mol. The number of anilines is 1. The van der Waals surface area contributed by atoms with Crippen molar-refractivity contribution in [1.29, 1.82) is 0 Å². The van der Waals surface area contributed by atoms with Gasteiger partial charge in [0.2, 0.25) is 0 Å². The maximum Gasteiger partial charge on any atom is 0.269 e. The monoisotopic (exact) mass is 310 g/mol. The summed E-state index contributed by atoms with van der Waals surface area (Å²) in [5.41, 5.74) is 0.505. The standard InChI is InChI=1S/C17H11FN2O3/c18-14-5-1-3-11-4-2-6-15(16(11)14)19-17(21)12-7-9-13(10-8-12)20(22)23/h1-10H,(H,19,21). The molecule has 114 valence electrons. The fourth-order valence-electron chi connectivity index (χ4n) is 2.33. The van der Waals surface area contributed by atoms with E-state index >= 15 is 0 Å². The Labute approximate surface area is 130 Å². The van der Waals surface area contributed by atoms with Gasteiger partial charge in [0.25, 0.3) is 11.6 Å². The van der Waals surface area contributed by atoms with Gasteiger partial charge in [0.15, 0.2) is 0 Å². The fourth-order valence-corrected chi connectivity index (χ4v) is 2.33. The summed E-state index contributed by atoms with van der Waals surface area (Å²) < 4.78 is 14.0. The van der Waals surface area contributed by atoms with Crippen molar-refractivity contribution in [3.8, 4) is 0 Å². The second kappa shape index (κ2) is 5.84. The first-order valence-corrected chi connectivity index (χ1v) is 6.79. The number of rotatable bonds is 3. The third kappa shape index (κ3) is 2.87. The highest BCUT2D eigenvalue weighted by Gasteiger charge is 2.12. The third-order valence-electron chi connectivity index (χ3n) is 3.44. The zero-order valence-corrected chi connectivity index (χ0v) is 11.8. The fraction of sp³-hybridized carbons (Fsp3) is 0. The third-order valence-corrected chi connectivity index (χ3v) is 3.44. The van der Waals surface area contributed by atoms with Crippen molar-refractivity contribution in [2.45, 2.75) is 0 Å². The van der Waals surface area contributed by atoms with Gasteiger partial charge in [-0.2, -0.15) is 0 Å². The second-order valence-corrected chi connectivity index (χ2v) is 4.90. The number of halogens is 1. The zero-order chi connectivity index (χ0) is 16.4. The Bertz CT molecular complexity index is 902. The molecule has 0 aromatic heterocycles. The highest BCUT2D eigenvalue weighted by molar-refractivity contribution is 6.09. The molecular weight excluding hydrogens is 299 g/mol. The lowest BCUT2D eigenvalue weighted by molar-refractivity contribution is -0.384. The zero-order valence-electron chi connectivity index (χ0n) is 11.8. The molecule has 0 saturated carbocycles. The number of nitrogens with zero attached hydrogens (tertiary/aromatic N) is 1. The van der Waals surface area contributed by atoms with Crippen molar-refractivity contribution in [2.24, 2.45) is 0 Å². The van der Waals surface area contributed by atoms with Gasteiger partial charge in [-0.15, -0.1) is 0 Å². The van der Waals surface area contributed by atoms with Crippen molar-refractivity contribution in [2.75, 3.05) is 5.32 Å². The summed E-state index contributed by atoms with van der Waals surface area (Å²) in [6.07, 6.45) is 0. The minimum absolute atomic E-state index is 0.0993. The summed E-state index contributed by atoms with van der Waals surface area (Å²) in [5, 5.41) is 14.3. The van der Waals surface area contributed by atoms with Gasteiger partial charge in [-0.25, -0.2) is 4.39 Å². The van der Waals surface area contributed by atoms with Crippen molar-refractivity contribution in [3.63, 3.8) is 0 Å². The maximum absolute atomic E-state index is 14.0. The van der Waals surface area contributed by atoms with Gasteiger partial charge in [0.1, 0.15) is 5.82 Å². The van der Waals surface area contributed by atoms with E-state index in [1.54, 1.807) is 30.3 Å². The van der Waals surface area contributed by atoms with Crippen LogP contribution in [0.5, 0.6) is 0 Å². The van der Waals surface area contributed by atoms with Gasteiger partial charge in [0.05, 0.1) is 10.6 Å². The molecule has 0 atom stereocenters. The normalized spacial score (nSPS) is 10.5. The lowest BCUT2D eigenvalue weighted by Gasteiger charge is -2.09. The van der Waals surface area contributed by atoms with Crippen LogP contribution in [0.4, 0.5) is 15.8 Å². The van der Waals surface area contributed by atoms with Crippen LogP contribution in [0.15, 0.2) is 60.7 Å². The molecule has 0 aliphatic carbocycles. The molecule has 0 spiro atoms. The highest BCUT2D eigenvalue weighted by Crippen LogP contribution is 2.26. The molecule has 0 radical (unpaired) electrons. The van der Waals surface area contributed by atoms with Crippen molar-refractivity contribution in [3.05, 3.63) is 82.2 Å². The minimum atomic E-state index is -0.540. The molecule has 0 aliphatic rings. The summed E-state index contributed by atoms with van der Waals surface area (Å²) in [6, 6.07) is 15.0. The Morgan fingerprint density at radius 2 is 1.65 bits per heavy atom. The van der Waals surface area contributed by atoms with E-state index < -0.39 is 16.6 Å². The van der Waals surface area contributed by atoms with Crippen LogP contribution in [0, 0.1) is 15.9 Å². The van der Waals surface area contributed by atoms with Crippen LogP contribution in [0.25, 0.3) is 10.8 Å². The molecule has 0 heterocycles. The molecule has 0 unspecified atom stereocenters. The topological polar surface area (TPSA) is 72.2 Å². The molecule has 0 bridgehead atoms. The molecule has 1 N–H and O–H groups in total. The molecular formula is C17H11FN2O3. The van der Waals surface area contributed by atoms with Crippen molar-refractivity contribution in [1.82, 2.24) is 0 Å². The number of carbonyl (C=O) groups is 1. The molecule has 1 amide bonds. The molecule has 3 rings (SSSR count). The summed E-state index contributed by atoms with van der Waals surface area (Å²) in [6.45, 7) is 0. The van der Waals surface area contributed by atoms with Gasteiger partial charge in [-0.1, -0.05) is 24.3 Å². The van der Waals surface area contributed by atoms with E-state index in [2.05, 4.69) is 5.32 Å². The number of carbonyl (C=O) groups excluding carboxylic acids is 1. The van der Waals surface area contributed by atoms with Crippen molar-refractivity contribution >= 4 is 28.1 Å². The van der Waals surface area contributed by atoms with E-state index in [4.69, 9.17) is 0 Å². The minimum Gasteiger partial charge on any atom is -0.321 e. The maximum atomic E-state index is 14.0. The molecule has 3 aromatic rings. The van der Waals surface area contributed by atoms with Crippen LogP contribution >= 0.6 is 0 Å². The van der Waals surface area contributed by atoms with Gasteiger partial charge >= 0.3 is 0 Å². The second-order valence-electron chi connectivity index (χ2n) is 4.90. The molecule has 23 heavy (non-hydrogen) atoms. The molecule has 0 aliphatic heterocycles. The average Bonchev–Trinajstić information content (AvgIpc) is 2.55. The van der Waals surface area contributed by atoms with Gasteiger partial charge in [-0.3, -0.25) is 14.9 Å². The van der Waals surface area contributed by atoms with Crippen LogP contribution < -0.4 is 5.32 Å². The molecule has 6 heteroatoms. The Kier molecular flexibility index (Phi) is 3.72. The van der Waals surface area contributed by atoms with E-state index in [0.717, 1.165) is 0 Å². The van der Waals surface area contributed by atoms with Gasteiger partial charge < -0.3 is 5.32 Å². The first-order valence-electron chi connectivity index (χ1n) is 6.79. The number of amides is 1. The van der Waals surface area contributed by atoms with E-state index in [0.29, 0.717) is 16.5 Å². The Hall–Kier alpha value is -3.28. The lowest BCUT2D eigenvalue weighted by atomic mass is 10.1. The van der Waals surface area contributed by atoms with Crippen molar-refractivity contribution < 1.29 is 14.1 Å². The van der Waals surface area contributed by atoms with E-state index in [1.165, 1.54) is 30.3 Å². The number of nitro benzene ring substituents is 1. The summed E-state index contributed by atoms with van der Waals surface area (Å²) >= 11 is 0. The van der Waals surface area contributed by atoms with Crippen LogP contribution in [-0.2, 0) is 0 Å². The van der Waals surface area contributed by atoms with E-state index in [9.17, 15) is 19.3 Å². The molecule has 0 fully saturated rings. The van der Waals surface area contributed by atoms with Crippen LogP contribution in [0.1, 0.15) is 10.4 Å². The first-order chi connectivity index (χ1) is 11.1. The summed E-state index contributed by atoms with van der Waals surface area (Å²) in [5.74, 6) is -0.891. The summed E-state index contributed by atoms with van der Waals surface area (Å²) in [7, 11) is 0. The number of benzene rings is 3. The van der Waals surface area contributed by atoms with Crippen LogP contribution in [0.2, 0.25) is 0 Å². The first kappa shape index (κ1) is 14.6. The molecule has 5 nitrogen and oxygen atoms in total. The largest absolute Gasteiger partial charge is 0.321 e. The van der Waals surface area contributed by atoms with Gasteiger partial charge in [-0.05, 0) is 29.7 Å². The Morgan fingerprint density at radius 3 is 2.30 bits per heavy atom. The lowest BCUT2D eigenvalue weighted by Crippen LogP contribution is -2.12. The number of fused-ring (bicyclic) bond motifs is 1. The predicted octanol–water partition coefficient (Wildman–Crippen LogP) is 4.14. The van der Waals surface area contributed by atoms with E-state index in [-0.39, 0.29) is 11.3 Å².